The molecule has 2 N–H and O–H groups in total. The van der Waals surface area contributed by atoms with Crippen LogP contribution in [0.1, 0.15) is 26.5 Å². The van der Waals surface area contributed by atoms with Crippen LogP contribution in [0.15, 0.2) is 30.5 Å². The highest BCUT2D eigenvalue weighted by molar-refractivity contribution is 5.47. The molecular weight excluding hydrogens is 200 g/mol. The zero-order chi connectivity index (χ0) is 11.8. The van der Waals surface area contributed by atoms with E-state index in [1.165, 1.54) is 0 Å². The molecule has 0 fully saturated rings. The monoisotopic (exact) mass is 216 g/mol. The van der Waals surface area contributed by atoms with Crippen LogP contribution in [0, 0.1) is 0 Å². The molecule has 0 aliphatic heterocycles. The summed E-state index contributed by atoms with van der Waals surface area (Å²) >= 11 is 0. The van der Waals surface area contributed by atoms with E-state index >= 15 is 0 Å². The van der Waals surface area contributed by atoms with Crippen molar-refractivity contribution in [2.75, 3.05) is 5.73 Å². The van der Waals surface area contributed by atoms with Gasteiger partial charge in [-0.2, -0.15) is 0 Å². The Kier molecular flexibility index (Phi) is 2.42. The number of nitrogen functional groups attached to an aromatic ring is 1. The number of aromatic nitrogens is 3. The Bertz CT molecular complexity index is 494. The molecule has 0 atom stereocenters. The number of hydrogen-bond donors (Lipinski definition) is 1. The van der Waals surface area contributed by atoms with Crippen molar-refractivity contribution in [3.05, 3.63) is 36.2 Å². The third-order valence-electron chi connectivity index (χ3n) is 2.43. The predicted octanol–water partition coefficient (Wildman–Crippen LogP) is 2.15. The van der Waals surface area contributed by atoms with E-state index in [0.717, 1.165) is 17.1 Å². The lowest BCUT2D eigenvalue weighted by atomic mass is 9.92. The van der Waals surface area contributed by atoms with E-state index in [1.807, 2.05) is 28.9 Å². The lowest BCUT2D eigenvalue weighted by Gasteiger charge is -2.19. The first-order valence-electron chi connectivity index (χ1n) is 5.25. The van der Waals surface area contributed by atoms with Crippen molar-refractivity contribution in [2.45, 2.75) is 26.2 Å². The maximum absolute atomic E-state index is 5.76. The lowest BCUT2D eigenvalue weighted by molar-refractivity contribution is 0.542. The van der Waals surface area contributed by atoms with Crippen molar-refractivity contribution in [2.24, 2.45) is 0 Å². The number of nitrogens with zero attached hydrogens (tertiary/aromatic N) is 3. The van der Waals surface area contributed by atoms with Gasteiger partial charge in [0, 0.05) is 11.1 Å². The number of hydrogen-bond acceptors (Lipinski definition) is 3. The van der Waals surface area contributed by atoms with Crippen LogP contribution in [-0.4, -0.2) is 15.0 Å². The molecule has 16 heavy (non-hydrogen) atoms. The Morgan fingerprint density at radius 2 is 2.00 bits per heavy atom. The fourth-order valence-electron chi connectivity index (χ4n) is 1.59. The summed E-state index contributed by atoms with van der Waals surface area (Å²) in [5, 5.41) is 8.07. The quantitative estimate of drug-likeness (QED) is 0.743. The third-order valence-corrected chi connectivity index (χ3v) is 2.43. The summed E-state index contributed by atoms with van der Waals surface area (Å²) in [6, 6.07) is 7.64. The van der Waals surface area contributed by atoms with E-state index in [9.17, 15) is 0 Å². The molecule has 0 unspecified atom stereocenters. The molecule has 0 radical (unpaired) electrons. The topological polar surface area (TPSA) is 56.7 Å². The van der Waals surface area contributed by atoms with E-state index in [2.05, 4.69) is 31.1 Å². The second kappa shape index (κ2) is 3.63. The van der Waals surface area contributed by atoms with Crippen molar-refractivity contribution < 1.29 is 0 Å². The lowest BCUT2D eigenvalue weighted by Crippen LogP contribution is -2.17. The average Bonchev–Trinajstić information content (AvgIpc) is 2.65. The van der Waals surface area contributed by atoms with Crippen molar-refractivity contribution in [1.29, 1.82) is 0 Å². The fraction of sp³-hybridized carbons (Fsp3) is 0.333. The van der Waals surface area contributed by atoms with Crippen LogP contribution in [-0.2, 0) is 5.41 Å². The van der Waals surface area contributed by atoms with Crippen LogP contribution in [0.4, 0.5) is 5.69 Å². The highest BCUT2D eigenvalue weighted by Crippen LogP contribution is 2.23. The molecule has 84 valence electrons. The SMILES string of the molecule is CC(C)(C)c1cnnn1-c1cccc(N)c1. The van der Waals surface area contributed by atoms with Gasteiger partial charge in [-0.3, -0.25) is 0 Å². The molecule has 0 bridgehead atoms. The minimum absolute atomic E-state index is 0.00804. The van der Waals surface area contributed by atoms with Gasteiger partial charge in [0.1, 0.15) is 0 Å². The minimum Gasteiger partial charge on any atom is -0.399 e. The summed E-state index contributed by atoms with van der Waals surface area (Å²) in [5.74, 6) is 0. The summed E-state index contributed by atoms with van der Waals surface area (Å²) in [6.45, 7) is 6.40. The van der Waals surface area contributed by atoms with Gasteiger partial charge in [0.25, 0.3) is 0 Å². The zero-order valence-corrected chi connectivity index (χ0v) is 9.81. The van der Waals surface area contributed by atoms with Crippen molar-refractivity contribution in [3.63, 3.8) is 0 Å². The van der Waals surface area contributed by atoms with E-state index in [0.29, 0.717) is 0 Å². The van der Waals surface area contributed by atoms with Gasteiger partial charge < -0.3 is 5.73 Å². The maximum Gasteiger partial charge on any atom is 0.0735 e. The molecule has 0 aliphatic carbocycles. The molecule has 0 amide bonds. The van der Waals surface area contributed by atoms with Gasteiger partial charge in [0.2, 0.25) is 0 Å². The Hall–Kier alpha value is -1.84. The fourth-order valence-corrected chi connectivity index (χ4v) is 1.59. The van der Waals surface area contributed by atoms with Crippen LogP contribution in [0.5, 0.6) is 0 Å². The number of nitrogens with two attached hydrogens (primary N) is 1. The first kappa shape index (κ1) is 10.7. The molecule has 4 heteroatoms. The first-order chi connectivity index (χ1) is 7.48. The van der Waals surface area contributed by atoms with Gasteiger partial charge in [-0.25, -0.2) is 4.68 Å². The molecule has 2 aromatic rings. The van der Waals surface area contributed by atoms with Crippen molar-refractivity contribution in [1.82, 2.24) is 15.0 Å². The highest BCUT2D eigenvalue weighted by atomic mass is 15.4. The average molecular weight is 216 g/mol. The number of anilines is 1. The molecule has 0 saturated carbocycles. The molecular formula is C12H16N4. The van der Waals surface area contributed by atoms with Crippen LogP contribution in [0.25, 0.3) is 5.69 Å². The summed E-state index contributed by atoms with van der Waals surface area (Å²) < 4.78 is 1.83. The molecule has 0 aliphatic rings. The second-order valence-electron chi connectivity index (χ2n) is 4.88. The van der Waals surface area contributed by atoms with E-state index in [1.54, 1.807) is 6.20 Å². The van der Waals surface area contributed by atoms with Gasteiger partial charge in [-0.1, -0.05) is 32.1 Å². The largest absolute Gasteiger partial charge is 0.399 e. The van der Waals surface area contributed by atoms with Crippen molar-refractivity contribution >= 4 is 5.69 Å². The molecule has 4 nitrogen and oxygen atoms in total. The molecule has 1 heterocycles. The maximum atomic E-state index is 5.76. The van der Waals surface area contributed by atoms with Gasteiger partial charge in [0.15, 0.2) is 0 Å². The zero-order valence-electron chi connectivity index (χ0n) is 9.81. The second-order valence-corrected chi connectivity index (χ2v) is 4.88. The Balaban J connectivity index is 2.53. The van der Waals surface area contributed by atoms with Gasteiger partial charge >= 0.3 is 0 Å². The highest BCUT2D eigenvalue weighted by Gasteiger charge is 2.20. The molecule has 1 aromatic carbocycles. The molecule has 2 rings (SSSR count). The van der Waals surface area contributed by atoms with Crippen LogP contribution < -0.4 is 5.73 Å². The Morgan fingerprint density at radius 1 is 1.25 bits per heavy atom. The van der Waals surface area contributed by atoms with Crippen LogP contribution in [0.3, 0.4) is 0 Å². The summed E-state index contributed by atoms with van der Waals surface area (Å²) in [7, 11) is 0. The van der Waals surface area contributed by atoms with Gasteiger partial charge in [-0.15, -0.1) is 5.10 Å². The molecule has 0 saturated heterocycles. The summed E-state index contributed by atoms with van der Waals surface area (Å²) in [4.78, 5) is 0. The third kappa shape index (κ3) is 1.91. The number of benzene rings is 1. The molecule has 1 aromatic heterocycles. The molecule has 0 spiro atoms. The Labute approximate surface area is 95.1 Å². The predicted molar refractivity (Wildman–Crippen MR) is 64.5 cm³/mol. The van der Waals surface area contributed by atoms with Crippen molar-refractivity contribution in [3.8, 4) is 5.69 Å². The van der Waals surface area contributed by atoms with Crippen LogP contribution in [0.2, 0.25) is 0 Å². The smallest absolute Gasteiger partial charge is 0.0735 e. The van der Waals surface area contributed by atoms with Gasteiger partial charge in [0.05, 0.1) is 17.6 Å². The number of rotatable bonds is 1. The summed E-state index contributed by atoms with van der Waals surface area (Å²) in [5.41, 5.74) is 8.51. The minimum atomic E-state index is 0.00804. The van der Waals surface area contributed by atoms with E-state index in [4.69, 9.17) is 5.73 Å². The Morgan fingerprint density at radius 3 is 2.62 bits per heavy atom. The first-order valence-corrected chi connectivity index (χ1v) is 5.25. The summed E-state index contributed by atoms with van der Waals surface area (Å²) in [6.07, 6.45) is 1.79. The van der Waals surface area contributed by atoms with Crippen LogP contribution >= 0.6 is 0 Å². The standard InChI is InChI=1S/C12H16N4/c1-12(2,3)11-8-14-15-16(11)10-6-4-5-9(13)7-10/h4-8H,13H2,1-3H3. The van der Waals surface area contributed by atoms with Gasteiger partial charge in [-0.05, 0) is 18.2 Å². The normalized spacial score (nSPS) is 11.7. The van der Waals surface area contributed by atoms with E-state index in [-0.39, 0.29) is 5.41 Å². The van der Waals surface area contributed by atoms with E-state index < -0.39 is 0 Å².